The highest BCUT2D eigenvalue weighted by molar-refractivity contribution is 6.00. The van der Waals surface area contributed by atoms with E-state index in [0.29, 0.717) is 12.2 Å². The van der Waals surface area contributed by atoms with Crippen LogP contribution >= 0.6 is 0 Å². The number of phenolic OH excluding ortho intramolecular Hbond substituents is 1. The van der Waals surface area contributed by atoms with Gasteiger partial charge in [0.15, 0.2) is 17.3 Å². The molecule has 0 fully saturated rings. The van der Waals surface area contributed by atoms with Gasteiger partial charge in [0, 0.05) is 17.7 Å². The number of nitrogens with one attached hydrogen (secondary N) is 1. The number of aromatic nitrogens is 2. The number of imidazole rings is 1. The van der Waals surface area contributed by atoms with Crippen molar-refractivity contribution in [3.63, 3.8) is 0 Å². The third kappa shape index (κ3) is 2.33. The first-order valence-electron chi connectivity index (χ1n) is 9.04. The molecular formula is C21H19N3O3. The maximum Gasteiger partial charge on any atom is 0.209 e. The molecule has 5 rings (SSSR count). The first kappa shape index (κ1) is 15.9. The molecule has 1 unspecified atom stereocenters. The van der Waals surface area contributed by atoms with E-state index in [-0.39, 0.29) is 17.6 Å². The number of methoxy groups -OCH3 is 1. The number of hydrogen-bond acceptors (Lipinski definition) is 5. The second-order valence-electron chi connectivity index (χ2n) is 6.92. The zero-order valence-electron chi connectivity index (χ0n) is 14.9. The van der Waals surface area contributed by atoms with Gasteiger partial charge in [0.25, 0.3) is 0 Å². The number of benzene rings is 2. The van der Waals surface area contributed by atoms with E-state index in [1.54, 1.807) is 12.1 Å². The van der Waals surface area contributed by atoms with E-state index in [4.69, 9.17) is 9.72 Å². The van der Waals surface area contributed by atoms with Crippen molar-refractivity contribution < 1.29 is 14.6 Å². The normalized spacial score (nSPS) is 18.9. The number of hydrogen-bond donors (Lipinski definition) is 2. The Balaban J connectivity index is 1.79. The van der Waals surface area contributed by atoms with Crippen molar-refractivity contribution in [3.8, 4) is 11.5 Å². The molecule has 6 nitrogen and oxygen atoms in total. The number of rotatable bonds is 2. The van der Waals surface area contributed by atoms with Gasteiger partial charge in [-0.25, -0.2) is 4.98 Å². The van der Waals surface area contributed by atoms with E-state index < -0.39 is 0 Å². The molecule has 0 amide bonds. The lowest BCUT2D eigenvalue weighted by atomic mass is 9.85. The van der Waals surface area contributed by atoms with Crippen LogP contribution in [0.1, 0.15) is 30.9 Å². The van der Waals surface area contributed by atoms with Gasteiger partial charge in [-0.05, 0) is 42.7 Å². The molecule has 2 aromatic carbocycles. The Morgan fingerprint density at radius 2 is 2.07 bits per heavy atom. The van der Waals surface area contributed by atoms with Crippen LogP contribution in [0.3, 0.4) is 0 Å². The second kappa shape index (κ2) is 5.87. The molecule has 1 aliphatic heterocycles. The standard InChI is InChI=1S/C21H19N3O3/c1-27-18-10-9-12(11-17(18)26)20-19-14(6-4-8-16(19)25)23-21-22-13-5-2-3-7-15(13)24(20)21/h2-3,5,7,9-11,20,26H,4,6,8H2,1H3,(H,22,23). The molecule has 2 N–H and O–H groups in total. The fourth-order valence-electron chi connectivity index (χ4n) is 4.16. The van der Waals surface area contributed by atoms with Crippen molar-refractivity contribution in [2.24, 2.45) is 0 Å². The molecule has 0 saturated heterocycles. The molecule has 0 spiro atoms. The number of allylic oxidation sites excluding steroid dienone is 2. The summed E-state index contributed by atoms with van der Waals surface area (Å²) in [5, 5.41) is 13.7. The Bertz CT molecular complexity index is 1110. The highest BCUT2D eigenvalue weighted by Gasteiger charge is 2.36. The number of aromatic hydroxyl groups is 1. The van der Waals surface area contributed by atoms with Crippen molar-refractivity contribution in [1.29, 1.82) is 0 Å². The summed E-state index contributed by atoms with van der Waals surface area (Å²) in [5.41, 5.74) is 4.36. The smallest absolute Gasteiger partial charge is 0.209 e. The average Bonchev–Trinajstić information content (AvgIpc) is 3.04. The monoisotopic (exact) mass is 361 g/mol. The van der Waals surface area contributed by atoms with Crippen molar-refractivity contribution in [2.75, 3.05) is 12.4 Å². The van der Waals surface area contributed by atoms with Crippen LogP contribution in [-0.4, -0.2) is 27.6 Å². The van der Waals surface area contributed by atoms with E-state index in [2.05, 4.69) is 9.88 Å². The number of phenols is 1. The molecular weight excluding hydrogens is 342 g/mol. The number of nitrogens with zero attached hydrogens (tertiary/aromatic N) is 2. The minimum atomic E-state index is -0.326. The third-order valence-corrected chi connectivity index (χ3v) is 5.36. The lowest BCUT2D eigenvalue weighted by Gasteiger charge is -2.34. The molecule has 27 heavy (non-hydrogen) atoms. The highest BCUT2D eigenvalue weighted by atomic mass is 16.5. The number of Topliss-reactive ketones (excluding diaryl/α,β-unsaturated/α-hetero) is 1. The number of ketones is 1. The topological polar surface area (TPSA) is 76.4 Å². The molecule has 0 saturated carbocycles. The number of carbonyl (C=O) groups is 1. The molecule has 6 heteroatoms. The SMILES string of the molecule is COc1ccc(C2C3=C(CCCC3=O)Nc3nc4ccccc4n32)cc1O. The van der Waals surface area contributed by atoms with Crippen LogP contribution in [0.2, 0.25) is 0 Å². The zero-order chi connectivity index (χ0) is 18.5. The predicted molar refractivity (Wildman–Crippen MR) is 102 cm³/mol. The predicted octanol–water partition coefficient (Wildman–Crippen LogP) is 3.77. The van der Waals surface area contributed by atoms with Crippen LogP contribution in [0.15, 0.2) is 53.7 Å². The van der Waals surface area contributed by atoms with Gasteiger partial charge in [-0.15, -0.1) is 0 Å². The molecule has 3 aromatic rings. The third-order valence-electron chi connectivity index (χ3n) is 5.36. The Labute approximate surface area is 156 Å². The van der Waals surface area contributed by atoms with Crippen molar-refractivity contribution in [3.05, 3.63) is 59.3 Å². The molecule has 2 aliphatic rings. The maximum atomic E-state index is 12.9. The van der Waals surface area contributed by atoms with Gasteiger partial charge in [-0.3, -0.25) is 9.36 Å². The Kier molecular flexibility index (Phi) is 3.47. The van der Waals surface area contributed by atoms with Crippen LogP contribution in [0, 0.1) is 0 Å². The van der Waals surface area contributed by atoms with Crippen LogP contribution < -0.4 is 10.1 Å². The first-order chi connectivity index (χ1) is 13.2. The Morgan fingerprint density at radius 1 is 1.22 bits per heavy atom. The van der Waals surface area contributed by atoms with Gasteiger partial charge in [-0.2, -0.15) is 0 Å². The van der Waals surface area contributed by atoms with E-state index in [9.17, 15) is 9.90 Å². The summed E-state index contributed by atoms with van der Waals surface area (Å²) < 4.78 is 7.23. The van der Waals surface area contributed by atoms with Crippen molar-refractivity contribution >= 4 is 22.8 Å². The van der Waals surface area contributed by atoms with Gasteiger partial charge < -0.3 is 15.2 Å². The summed E-state index contributed by atoms with van der Waals surface area (Å²) in [6, 6.07) is 12.9. The van der Waals surface area contributed by atoms with Crippen LogP contribution in [0.4, 0.5) is 5.95 Å². The zero-order valence-corrected chi connectivity index (χ0v) is 14.9. The highest BCUT2D eigenvalue weighted by Crippen LogP contribution is 2.44. The lowest BCUT2D eigenvalue weighted by Crippen LogP contribution is -2.30. The number of ether oxygens (including phenoxy) is 1. The Hall–Kier alpha value is -3.28. The molecule has 1 aromatic heterocycles. The van der Waals surface area contributed by atoms with E-state index in [0.717, 1.165) is 46.7 Å². The number of para-hydroxylation sites is 2. The summed E-state index contributed by atoms with van der Waals surface area (Å²) in [6.45, 7) is 0. The average molecular weight is 361 g/mol. The van der Waals surface area contributed by atoms with Gasteiger partial charge in [0.2, 0.25) is 5.95 Å². The number of anilines is 1. The van der Waals surface area contributed by atoms with Gasteiger partial charge in [0.05, 0.1) is 24.2 Å². The summed E-state index contributed by atoms with van der Waals surface area (Å²) in [7, 11) is 1.52. The lowest BCUT2D eigenvalue weighted by molar-refractivity contribution is -0.116. The number of carbonyl (C=O) groups excluding carboxylic acids is 1. The molecule has 0 radical (unpaired) electrons. The second-order valence-corrected chi connectivity index (χ2v) is 6.92. The molecule has 2 heterocycles. The van der Waals surface area contributed by atoms with Crippen LogP contribution in [0.25, 0.3) is 11.0 Å². The summed E-state index contributed by atoms with van der Waals surface area (Å²) in [6.07, 6.45) is 2.20. The van der Waals surface area contributed by atoms with Crippen molar-refractivity contribution in [1.82, 2.24) is 9.55 Å². The fourth-order valence-corrected chi connectivity index (χ4v) is 4.16. The van der Waals surface area contributed by atoms with Crippen LogP contribution in [-0.2, 0) is 4.79 Å². The number of fused-ring (bicyclic) bond motifs is 3. The quantitative estimate of drug-likeness (QED) is 0.727. The summed E-state index contributed by atoms with van der Waals surface area (Å²) >= 11 is 0. The van der Waals surface area contributed by atoms with Gasteiger partial charge in [-0.1, -0.05) is 18.2 Å². The van der Waals surface area contributed by atoms with Crippen LogP contribution in [0.5, 0.6) is 11.5 Å². The molecule has 136 valence electrons. The summed E-state index contributed by atoms with van der Waals surface area (Å²) in [4.78, 5) is 17.6. The molecule has 1 aliphatic carbocycles. The first-order valence-corrected chi connectivity index (χ1v) is 9.04. The summed E-state index contributed by atoms with van der Waals surface area (Å²) in [5.74, 6) is 1.34. The van der Waals surface area contributed by atoms with E-state index >= 15 is 0 Å². The van der Waals surface area contributed by atoms with Gasteiger partial charge in [0.1, 0.15) is 0 Å². The minimum Gasteiger partial charge on any atom is -0.504 e. The minimum absolute atomic E-state index is 0.0601. The largest absolute Gasteiger partial charge is 0.504 e. The van der Waals surface area contributed by atoms with E-state index in [1.165, 1.54) is 7.11 Å². The molecule has 0 bridgehead atoms. The van der Waals surface area contributed by atoms with Gasteiger partial charge >= 0.3 is 0 Å². The van der Waals surface area contributed by atoms with E-state index in [1.807, 2.05) is 30.3 Å². The molecule has 1 atom stereocenters. The maximum absolute atomic E-state index is 12.9. The fraction of sp³-hybridized carbons (Fsp3) is 0.238. The van der Waals surface area contributed by atoms with Crippen molar-refractivity contribution in [2.45, 2.75) is 25.3 Å². The Morgan fingerprint density at radius 3 is 2.89 bits per heavy atom.